The summed E-state index contributed by atoms with van der Waals surface area (Å²) < 4.78 is 67.8. The van der Waals surface area contributed by atoms with E-state index in [-0.39, 0.29) is 11.3 Å². The fourth-order valence-electron chi connectivity index (χ4n) is 2.72. The highest BCUT2D eigenvalue weighted by molar-refractivity contribution is 5.81. The van der Waals surface area contributed by atoms with Crippen LogP contribution in [0.25, 0.3) is 0 Å². The van der Waals surface area contributed by atoms with Gasteiger partial charge in [0.15, 0.2) is 0 Å². The van der Waals surface area contributed by atoms with Gasteiger partial charge >= 0.3 is 18.8 Å². The fraction of sp³-hybridized carbons (Fsp3) is 0.467. The molecule has 2 rings (SSSR count). The van der Waals surface area contributed by atoms with Crippen molar-refractivity contribution in [3.05, 3.63) is 29.8 Å². The summed E-state index contributed by atoms with van der Waals surface area (Å²) in [7, 11) is 0. The fourth-order valence-corrected chi connectivity index (χ4v) is 2.72. The van der Waals surface area contributed by atoms with E-state index in [0.29, 0.717) is 0 Å². The molecule has 5 nitrogen and oxygen atoms in total. The Balaban J connectivity index is 2.13. The first-order chi connectivity index (χ1) is 11.6. The monoisotopic (exact) mass is 367 g/mol. The SMILES string of the molecule is O=C(O)[C@@H]1CN(C(=O)Cc2ccccc2OC(F)F)C[C@H]1C(F)(F)F. The summed E-state index contributed by atoms with van der Waals surface area (Å²) in [6, 6.07) is 5.41. The zero-order valence-electron chi connectivity index (χ0n) is 12.7. The molecular formula is C15H14F5NO4. The number of nitrogens with zero attached hydrogens (tertiary/aromatic N) is 1. The van der Waals surface area contributed by atoms with Gasteiger partial charge in [-0.05, 0) is 6.07 Å². The summed E-state index contributed by atoms with van der Waals surface area (Å²) in [6.07, 6.45) is -5.23. The van der Waals surface area contributed by atoms with Crippen LogP contribution in [0.5, 0.6) is 5.75 Å². The van der Waals surface area contributed by atoms with E-state index >= 15 is 0 Å². The number of aliphatic carboxylic acids is 1. The van der Waals surface area contributed by atoms with E-state index in [9.17, 15) is 31.5 Å². The van der Waals surface area contributed by atoms with Gasteiger partial charge in [0, 0.05) is 18.7 Å². The van der Waals surface area contributed by atoms with Crippen LogP contribution in [0.1, 0.15) is 5.56 Å². The van der Waals surface area contributed by atoms with E-state index in [1.165, 1.54) is 24.3 Å². The standard InChI is InChI=1S/C15H14F5NO4/c16-14(17)25-11-4-2-1-3-8(11)5-12(22)21-6-9(13(23)24)10(7-21)15(18,19)20/h1-4,9-10,14H,5-7H2,(H,23,24)/t9-,10-/m1/s1. The first-order valence-corrected chi connectivity index (χ1v) is 7.19. The topological polar surface area (TPSA) is 66.8 Å². The van der Waals surface area contributed by atoms with Crippen LogP contribution in [0.3, 0.4) is 0 Å². The number of hydrogen-bond acceptors (Lipinski definition) is 3. The molecule has 1 aromatic carbocycles. The minimum atomic E-state index is -4.76. The van der Waals surface area contributed by atoms with Crippen LogP contribution in [0.4, 0.5) is 22.0 Å². The molecule has 1 N–H and O–H groups in total. The van der Waals surface area contributed by atoms with Gasteiger partial charge < -0.3 is 14.7 Å². The van der Waals surface area contributed by atoms with Gasteiger partial charge in [-0.3, -0.25) is 9.59 Å². The third kappa shape index (κ3) is 4.58. The van der Waals surface area contributed by atoms with Crippen molar-refractivity contribution in [1.29, 1.82) is 0 Å². The average Bonchev–Trinajstić information content (AvgIpc) is 2.94. The molecule has 138 valence electrons. The molecule has 10 heteroatoms. The van der Waals surface area contributed by atoms with Crippen molar-refractivity contribution >= 4 is 11.9 Å². The third-order valence-corrected chi connectivity index (χ3v) is 3.94. The number of rotatable bonds is 5. The number of alkyl halides is 5. The Labute approximate surface area is 139 Å². The van der Waals surface area contributed by atoms with Crippen LogP contribution in [-0.4, -0.2) is 47.8 Å². The molecule has 1 amide bonds. The summed E-state index contributed by atoms with van der Waals surface area (Å²) in [5.74, 6) is -6.60. The maximum absolute atomic E-state index is 12.9. The number of halogens is 5. The Morgan fingerprint density at radius 1 is 1.24 bits per heavy atom. The number of carbonyl (C=O) groups is 2. The van der Waals surface area contributed by atoms with Crippen LogP contribution >= 0.6 is 0 Å². The number of carboxylic acids is 1. The lowest BCUT2D eigenvalue weighted by Crippen LogP contribution is -2.34. The quantitative estimate of drug-likeness (QED) is 0.813. The van der Waals surface area contributed by atoms with Crippen LogP contribution in [0.2, 0.25) is 0 Å². The van der Waals surface area contributed by atoms with Crippen molar-refractivity contribution in [3.8, 4) is 5.75 Å². The van der Waals surface area contributed by atoms with Crippen LogP contribution in [-0.2, 0) is 16.0 Å². The molecule has 1 fully saturated rings. The number of carboxylic acid groups (broad SMARTS) is 1. The van der Waals surface area contributed by atoms with E-state index in [0.717, 1.165) is 4.90 Å². The van der Waals surface area contributed by atoms with Crippen molar-refractivity contribution < 1.29 is 41.4 Å². The molecule has 1 aromatic rings. The van der Waals surface area contributed by atoms with Gasteiger partial charge in [0.1, 0.15) is 5.75 Å². The second-order valence-electron chi connectivity index (χ2n) is 5.55. The number of likely N-dealkylation sites (tertiary alicyclic amines) is 1. The number of amides is 1. The highest BCUT2D eigenvalue weighted by Crippen LogP contribution is 2.38. The molecule has 0 saturated carbocycles. The van der Waals surface area contributed by atoms with Crippen molar-refractivity contribution in [2.24, 2.45) is 11.8 Å². The third-order valence-electron chi connectivity index (χ3n) is 3.94. The molecule has 25 heavy (non-hydrogen) atoms. The zero-order valence-corrected chi connectivity index (χ0v) is 12.7. The normalized spacial score (nSPS) is 20.8. The molecule has 0 aliphatic carbocycles. The maximum atomic E-state index is 12.9. The van der Waals surface area contributed by atoms with Crippen LogP contribution < -0.4 is 4.74 Å². The Hall–Kier alpha value is -2.39. The number of carbonyl (C=O) groups excluding carboxylic acids is 1. The maximum Gasteiger partial charge on any atom is 0.394 e. The van der Waals surface area contributed by atoms with Gasteiger partial charge in [-0.2, -0.15) is 22.0 Å². The van der Waals surface area contributed by atoms with E-state index in [2.05, 4.69) is 4.74 Å². The molecule has 0 unspecified atom stereocenters. The predicted molar refractivity (Wildman–Crippen MR) is 74.0 cm³/mol. The van der Waals surface area contributed by atoms with E-state index in [1.54, 1.807) is 0 Å². The largest absolute Gasteiger partial charge is 0.481 e. The van der Waals surface area contributed by atoms with E-state index in [1.807, 2.05) is 0 Å². The first-order valence-electron chi connectivity index (χ1n) is 7.19. The van der Waals surface area contributed by atoms with Gasteiger partial charge in [-0.25, -0.2) is 0 Å². The number of para-hydroxylation sites is 1. The zero-order chi connectivity index (χ0) is 18.8. The Morgan fingerprint density at radius 2 is 1.88 bits per heavy atom. The summed E-state index contributed by atoms with van der Waals surface area (Å²) in [6.45, 7) is -4.48. The van der Waals surface area contributed by atoms with Gasteiger partial charge in [0.25, 0.3) is 0 Å². The highest BCUT2D eigenvalue weighted by atomic mass is 19.4. The lowest BCUT2D eigenvalue weighted by atomic mass is 9.96. The number of benzene rings is 1. The second-order valence-corrected chi connectivity index (χ2v) is 5.55. The smallest absolute Gasteiger partial charge is 0.394 e. The molecule has 1 saturated heterocycles. The summed E-state index contributed by atoms with van der Waals surface area (Å²) in [4.78, 5) is 24.0. The van der Waals surface area contributed by atoms with Crippen molar-refractivity contribution in [1.82, 2.24) is 4.90 Å². The first kappa shape index (κ1) is 18.9. The lowest BCUT2D eigenvalue weighted by Gasteiger charge is -2.19. The highest BCUT2D eigenvalue weighted by Gasteiger charge is 2.53. The minimum Gasteiger partial charge on any atom is -0.481 e. The molecule has 1 aliphatic rings. The Bertz CT molecular complexity index is 649. The Kier molecular flexibility index (Phi) is 5.48. The Morgan fingerprint density at radius 3 is 2.40 bits per heavy atom. The number of hydrogen-bond donors (Lipinski definition) is 1. The molecule has 0 spiro atoms. The summed E-state index contributed by atoms with van der Waals surface area (Å²) in [5.41, 5.74) is 0.0788. The minimum absolute atomic E-state index is 0.0788. The van der Waals surface area contributed by atoms with E-state index < -0.39 is 56.0 Å². The molecule has 1 aliphatic heterocycles. The predicted octanol–water partition coefficient (Wildman–Crippen LogP) is 2.55. The van der Waals surface area contributed by atoms with Gasteiger partial charge in [-0.1, -0.05) is 18.2 Å². The molecule has 0 radical (unpaired) electrons. The van der Waals surface area contributed by atoms with E-state index in [4.69, 9.17) is 5.11 Å². The second kappa shape index (κ2) is 7.24. The average molecular weight is 367 g/mol. The summed E-state index contributed by atoms with van der Waals surface area (Å²) in [5, 5.41) is 8.94. The van der Waals surface area contributed by atoms with Gasteiger partial charge in [-0.15, -0.1) is 0 Å². The lowest BCUT2D eigenvalue weighted by molar-refractivity contribution is -0.188. The molecule has 2 atom stereocenters. The summed E-state index contributed by atoms with van der Waals surface area (Å²) >= 11 is 0. The van der Waals surface area contributed by atoms with Crippen molar-refractivity contribution in [2.45, 2.75) is 19.2 Å². The van der Waals surface area contributed by atoms with Gasteiger partial charge in [0.2, 0.25) is 5.91 Å². The molecule has 1 heterocycles. The molecule has 0 aromatic heterocycles. The van der Waals surface area contributed by atoms with Crippen molar-refractivity contribution in [2.75, 3.05) is 13.1 Å². The van der Waals surface area contributed by atoms with Gasteiger partial charge in [0.05, 0.1) is 18.3 Å². The van der Waals surface area contributed by atoms with Crippen LogP contribution in [0, 0.1) is 11.8 Å². The number of ether oxygens (including phenoxy) is 1. The van der Waals surface area contributed by atoms with Crippen molar-refractivity contribution in [3.63, 3.8) is 0 Å². The van der Waals surface area contributed by atoms with Crippen LogP contribution in [0.15, 0.2) is 24.3 Å². The molecule has 0 bridgehead atoms. The molecular weight excluding hydrogens is 353 g/mol.